The van der Waals surface area contributed by atoms with Crippen LogP contribution in [0.25, 0.3) is 10.6 Å². The third-order valence-corrected chi connectivity index (χ3v) is 5.17. The first kappa shape index (κ1) is 10.9. The molecule has 0 radical (unpaired) electrons. The molecule has 0 spiro atoms. The van der Waals surface area contributed by atoms with E-state index in [1.807, 2.05) is 24.4 Å². The second kappa shape index (κ2) is 3.65. The Morgan fingerprint density at radius 1 is 1.53 bits per heavy atom. The van der Waals surface area contributed by atoms with Crippen LogP contribution >= 0.6 is 22.7 Å². The van der Waals surface area contributed by atoms with Gasteiger partial charge in [-0.15, -0.1) is 22.7 Å². The molecule has 3 nitrogen and oxygen atoms in total. The lowest BCUT2D eigenvalue weighted by molar-refractivity contribution is -0.140. The van der Waals surface area contributed by atoms with Crippen LogP contribution in [0.3, 0.4) is 0 Å². The van der Waals surface area contributed by atoms with Crippen LogP contribution in [0.2, 0.25) is 0 Å². The summed E-state index contributed by atoms with van der Waals surface area (Å²) < 4.78 is 0. The smallest absolute Gasteiger partial charge is 0.316 e. The van der Waals surface area contributed by atoms with E-state index in [0.717, 1.165) is 33.3 Å². The third-order valence-electron chi connectivity index (χ3n) is 3.12. The molecule has 0 aromatic carbocycles. The predicted octanol–water partition coefficient (Wildman–Crippen LogP) is 3.30. The minimum atomic E-state index is -0.732. The Kier molecular flexibility index (Phi) is 2.34. The maximum atomic E-state index is 11.3. The molecule has 2 aromatic rings. The average Bonchev–Trinajstić information content (AvgIpc) is 2.76. The average molecular weight is 265 g/mol. The molecule has 0 amide bonds. The van der Waals surface area contributed by atoms with Crippen molar-refractivity contribution in [1.29, 1.82) is 0 Å². The van der Waals surface area contributed by atoms with Crippen molar-refractivity contribution in [3.05, 3.63) is 27.4 Å². The van der Waals surface area contributed by atoms with Gasteiger partial charge in [0.15, 0.2) is 0 Å². The summed E-state index contributed by atoms with van der Waals surface area (Å²) >= 11 is 3.16. The minimum Gasteiger partial charge on any atom is -0.481 e. The fourth-order valence-electron chi connectivity index (χ4n) is 1.89. The van der Waals surface area contributed by atoms with Crippen LogP contribution in [-0.4, -0.2) is 16.1 Å². The lowest BCUT2D eigenvalue weighted by Crippen LogP contribution is -2.19. The molecular weight excluding hydrogens is 254 g/mol. The number of carboxylic acids is 1. The summed E-state index contributed by atoms with van der Waals surface area (Å²) in [5, 5.41) is 12.0. The Morgan fingerprint density at radius 3 is 2.82 bits per heavy atom. The fourth-order valence-corrected chi connectivity index (χ4v) is 3.89. The van der Waals surface area contributed by atoms with Crippen molar-refractivity contribution in [1.82, 2.24) is 4.98 Å². The molecular formula is C12H11NO2S2. The molecule has 1 aliphatic carbocycles. The van der Waals surface area contributed by atoms with Crippen LogP contribution < -0.4 is 0 Å². The van der Waals surface area contributed by atoms with Crippen molar-refractivity contribution in [3.63, 3.8) is 0 Å². The van der Waals surface area contributed by atoms with Crippen LogP contribution in [0.1, 0.15) is 22.7 Å². The number of aryl methyl sites for hydroxylation is 1. The Balaban J connectivity index is 2.05. The van der Waals surface area contributed by atoms with Gasteiger partial charge in [0.25, 0.3) is 0 Å². The van der Waals surface area contributed by atoms with E-state index in [9.17, 15) is 9.90 Å². The van der Waals surface area contributed by atoms with Crippen molar-refractivity contribution in [2.75, 3.05) is 0 Å². The Hall–Kier alpha value is -1.20. The normalized spacial score (nSPS) is 17.0. The number of hydrogen-bond donors (Lipinski definition) is 1. The van der Waals surface area contributed by atoms with E-state index in [4.69, 9.17) is 0 Å². The maximum absolute atomic E-state index is 11.3. The lowest BCUT2D eigenvalue weighted by atomic mass is 10.1. The fraction of sp³-hybridized carbons (Fsp3) is 0.333. The Bertz CT molecular complexity index is 567. The highest BCUT2D eigenvalue weighted by Crippen LogP contribution is 2.51. The molecule has 0 bridgehead atoms. The quantitative estimate of drug-likeness (QED) is 0.926. The highest BCUT2D eigenvalue weighted by Gasteiger charge is 2.54. The molecule has 1 fully saturated rings. The van der Waals surface area contributed by atoms with Gasteiger partial charge in [-0.2, -0.15) is 0 Å². The first-order valence-corrected chi connectivity index (χ1v) is 7.08. The lowest BCUT2D eigenvalue weighted by Gasteiger charge is -2.03. The van der Waals surface area contributed by atoms with Crippen molar-refractivity contribution in [3.8, 4) is 10.6 Å². The summed E-state index contributed by atoms with van der Waals surface area (Å²) in [5.74, 6) is -0.732. The van der Waals surface area contributed by atoms with Gasteiger partial charge >= 0.3 is 5.97 Å². The number of aromatic nitrogens is 1. The number of nitrogens with zero attached hydrogens (tertiary/aromatic N) is 1. The SMILES string of the molecule is Cc1sc(C2(C(=O)O)CC2)nc1-c1cccs1. The molecule has 1 N–H and O–H groups in total. The number of aliphatic carboxylic acids is 1. The first-order valence-electron chi connectivity index (χ1n) is 5.39. The zero-order valence-electron chi connectivity index (χ0n) is 9.27. The van der Waals surface area contributed by atoms with Gasteiger partial charge in [0.05, 0.1) is 10.6 Å². The number of hydrogen-bond acceptors (Lipinski definition) is 4. The van der Waals surface area contributed by atoms with Crippen LogP contribution in [0.4, 0.5) is 0 Å². The predicted molar refractivity (Wildman–Crippen MR) is 68.7 cm³/mol. The number of rotatable bonds is 3. The van der Waals surface area contributed by atoms with Gasteiger partial charge in [-0.25, -0.2) is 4.98 Å². The summed E-state index contributed by atoms with van der Waals surface area (Å²) in [6.45, 7) is 2.01. The monoisotopic (exact) mass is 265 g/mol. The van der Waals surface area contributed by atoms with Crippen LogP contribution in [-0.2, 0) is 10.2 Å². The van der Waals surface area contributed by atoms with Crippen LogP contribution in [0, 0.1) is 6.92 Å². The van der Waals surface area contributed by atoms with Crippen molar-refractivity contribution >= 4 is 28.6 Å². The summed E-state index contributed by atoms with van der Waals surface area (Å²) in [5.41, 5.74) is 0.276. The van der Waals surface area contributed by atoms with Crippen LogP contribution in [0.5, 0.6) is 0 Å². The molecule has 17 heavy (non-hydrogen) atoms. The Labute approximate surface area is 107 Å². The summed E-state index contributed by atoms with van der Waals surface area (Å²) in [4.78, 5) is 18.0. The number of thiophene rings is 1. The molecule has 5 heteroatoms. The highest BCUT2D eigenvalue weighted by molar-refractivity contribution is 7.15. The summed E-state index contributed by atoms with van der Waals surface area (Å²) in [6, 6.07) is 4.01. The largest absolute Gasteiger partial charge is 0.481 e. The zero-order chi connectivity index (χ0) is 12.0. The van der Waals surface area contributed by atoms with E-state index in [-0.39, 0.29) is 0 Å². The molecule has 1 aliphatic rings. The minimum absolute atomic E-state index is 0.676. The molecule has 0 aliphatic heterocycles. The van der Waals surface area contributed by atoms with Gasteiger partial charge in [-0.05, 0) is 31.2 Å². The molecule has 2 aromatic heterocycles. The molecule has 0 unspecified atom stereocenters. The van der Waals surface area contributed by atoms with Gasteiger partial charge in [0.2, 0.25) is 0 Å². The van der Waals surface area contributed by atoms with Crippen molar-refractivity contribution in [2.24, 2.45) is 0 Å². The van der Waals surface area contributed by atoms with E-state index in [1.54, 1.807) is 11.3 Å². The molecule has 2 heterocycles. The van der Waals surface area contributed by atoms with E-state index in [0.29, 0.717) is 0 Å². The highest BCUT2D eigenvalue weighted by atomic mass is 32.1. The van der Waals surface area contributed by atoms with Gasteiger partial charge in [0, 0.05) is 4.88 Å². The van der Waals surface area contributed by atoms with E-state index in [2.05, 4.69) is 4.98 Å². The number of thiazole rings is 1. The third kappa shape index (κ3) is 1.61. The molecule has 3 rings (SSSR count). The zero-order valence-corrected chi connectivity index (χ0v) is 10.9. The van der Waals surface area contributed by atoms with Crippen molar-refractivity contribution in [2.45, 2.75) is 25.2 Å². The number of carboxylic acid groups (broad SMARTS) is 1. The summed E-state index contributed by atoms with van der Waals surface area (Å²) in [6.07, 6.45) is 1.44. The van der Waals surface area contributed by atoms with E-state index < -0.39 is 11.4 Å². The first-order chi connectivity index (χ1) is 8.13. The second-order valence-electron chi connectivity index (χ2n) is 4.29. The summed E-state index contributed by atoms with van der Waals surface area (Å²) in [7, 11) is 0. The van der Waals surface area contributed by atoms with Gasteiger partial charge in [-0.1, -0.05) is 6.07 Å². The Morgan fingerprint density at radius 2 is 2.29 bits per heavy atom. The number of carbonyl (C=O) groups is 1. The van der Waals surface area contributed by atoms with E-state index >= 15 is 0 Å². The topological polar surface area (TPSA) is 50.2 Å². The molecule has 1 saturated carbocycles. The van der Waals surface area contributed by atoms with Gasteiger partial charge in [-0.3, -0.25) is 4.79 Å². The molecule has 0 atom stereocenters. The second-order valence-corrected chi connectivity index (χ2v) is 6.44. The van der Waals surface area contributed by atoms with Crippen molar-refractivity contribution < 1.29 is 9.90 Å². The molecule has 88 valence electrons. The molecule has 0 saturated heterocycles. The van der Waals surface area contributed by atoms with Crippen LogP contribution in [0.15, 0.2) is 17.5 Å². The van der Waals surface area contributed by atoms with Gasteiger partial charge < -0.3 is 5.11 Å². The van der Waals surface area contributed by atoms with Gasteiger partial charge in [0.1, 0.15) is 10.4 Å². The van der Waals surface area contributed by atoms with E-state index in [1.165, 1.54) is 11.3 Å². The maximum Gasteiger partial charge on any atom is 0.316 e. The standard InChI is InChI=1S/C12H11NO2S2/c1-7-9(8-3-2-6-16-8)13-10(17-7)12(4-5-12)11(14)15/h2-3,6H,4-5H2,1H3,(H,14,15).